The fourth-order valence-corrected chi connectivity index (χ4v) is 1.40. The lowest BCUT2D eigenvalue weighted by Crippen LogP contribution is -2.12. The van der Waals surface area contributed by atoms with E-state index in [1.165, 1.54) is 10.7 Å². The van der Waals surface area contributed by atoms with Crippen LogP contribution < -0.4 is 5.56 Å². The summed E-state index contributed by atoms with van der Waals surface area (Å²) in [6.45, 7) is 1.73. The Morgan fingerprint density at radius 3 is 2.93 bits per heavy atom. The number of hydrogen-bond acceptors (Lipinski definition) is 3. The lowest BCUT2D eigenvalue weighted by Gasteiger charge is -1.99. The molecule has 0 atom stereocenters. The third kappa shape index (κ3) is 1.74. The molecule has 5 nitrogen and oxygen atoms in total. The zero-order chi connectivity index (χ0) is 10.1. The molecule has 0 saturated heterocycles. The highest BCUT2D eigenvalue weighted by molar-refractivity contribution is 9.10. The molecule has 14 heavy (non-hydrogen) atoms. The molecule has 0 radical (unpaired) electrons. The number of nitrogens with zero attached hydrogens (tertiary/aromatic N) is 3. The summed E-state index contributed by atoms with van der Waals surface area (Å²) < 4.78 is 2.24. The van der Waals surface area contributed by atoms with Gasteiger partial charge >= 0.3 is 0 Å². The summed E-state index contributed by atoms with van der Waals surface area (Å²) in [7, 11) is 0. The molecular formula is C8H7BrN4O. The van der Waals surface area contributed by atoms with Gasteiger partial charge in [-0.05, 0) is 28.9 Å². The van der Waals surface area contributed by atoms with E-state index < -0.39 is 0 Å². The highest BCUT2D eigenvalue weighted by Crippen LogP contribution is 2.07. The molecule has 0 fully saturated rings. The zero-order valence-electron chi connectivity index (χ0n) is 7.36. The second kappa shape index (κ2) is 3.38. The van der Waals surface area contributed by atoms with Crippen molar-refractivity contribution in [3.8, 4) is 5.82 Å². The standard InChI is InChI=1S/C8H7BrN4O/c1-5-10-7(4-8(14)11-5)13-3-2-6(9)12-13/h2-4H,1H3,(H,10,11,14). The van der Waals surface area contributed by atoms with E-state index in [0.29, 0.717) is 16.2 Å². The average Bonchev–Trinajstić information content (AvgIpc) is 2.50. The van der Waals surface area contributed by atoms with Gasteiger partial charge in [0.25, 0.3) is 5.56 Å². The Morgan fingerprint density at radius 2 is 2.36 bits per heavy atom. The van der Waals surface area contributed by atoms with Crippen molar-refractivity contribution in [3.05, 3.63) is 39.1 Å². The number of hydrogen-bond donors (Lipinski definition) is 1. The minimum Gasteiger partial charge on any atom is -0.311 e. The first-order valence-corrected chi connectivity index (χ1v) is 4.74. The minimum atomic E-state index is -0.181. The molecule has 2 rings (SSSR count). The van der Waals surface area contributed by atoms with Crippen LogP contribution in [-0.2, 0) is 0 Å². The van der Waals surface area contributed by atoms with E-state index in [2.05, 4.69) is 31.0 Å². The van der Waals surface area contributed by atoms with Gasteiger partial charge in [-0.15, -0.1) is 0 Å². The molecule has 1 N–H and O–H groups in total. The Bertz CT molecular complexity index is 516. The largest absolute Gasteiger partial charge is 0.311 e. The van der Waals surface area contributed by atoms with E-state index in [-0.39, 0.29) is 5.56 Å². The van der Waals surface area contributed by atoms with Crippen molar-refractivity contribution < 1.29 is 0 Å². The van der Waals surface area contributed by atoms with Crippen LogP contribution in [0.15, 0.2) is 27.7 Å². The molecule has 0 aliphatic rings. The van der Waals surface area contributed by atoms with Crippen LogP contribution in [0.4, 0.5) is 0 Å². The predicted molar refractivity (Wildman–Crippen MR) is 54.4 cm³/mol. The fourth-order valence-electron chi connectivity index (χ4n) is 1.11. The van der Waals surface area contributed by atoms with Gasteiger partial charge in [0.2, 0.25) is 0 Å². The molecule has 72 valence electrons. The van der Waals surface area contributed by atoms with E-state index in [1.54, 1.807) is 19.2 Å². The topological polar surface area (TPSA) is 63.6 Å². The van der Waals surface area contributed by atoms with Crippen LogP contribution in [0.5, 0.6) is 0 Å². The molecule has 6 heteroatoms. The average molecular weight is 255 g/mol. The number of aryl methyl sites for hydroxylation is 1. The second-order valence-electron chi connectivity index (χ2n) is 2.77. The van der Waals surface area contributed by atoms with Gasteiger partial charge in [-0.2, -0.15) is 5.10 Å². The van der Waals surface area contributed by atoms with Crippen LogP contribution in [0.25, 0.3) is 5.82 Å². The van der Waals surface area contributed by atoms with Crippen LogP contribution >= 0.6 is 15.9 Å². The molecule has 0 aromatic carbocycles. The maximum absolute atomic E-state index is 11.1. The van der Waals surface area contributed by atoms with Crippen molar-refractivity contribution in [2.45, 2.75) is 6.92 Å². The molecule has 0 unspecified atom stereocenters. The first-order chi connectivity index (χ1) is 6.65. The lowest BCUT2D eigenvalue weighted by atomic mass is 10.5. The summed E-state index contributed by atoms with van der Waals surface area (Å²) in [6.07, 6.45) is 1.73. The first-order valence-electron chi connectivity index (χ1n) is 3.95. The van der Waals surface area contributed by atoms with E-state index in [1.807, 2.05) is 0 Å². The maximum atomic E-state index is 11.1. The van der Waals surface area contributed by atoms with Crippen LogP contribution in [0, 0.1) is 6.92 Å². The molecule has 0 saturated carbocycles. The summed E-state index contributed by atoms with van der Waals surface area (Å²) in [5.74, 6) is 1.08. The molecular weight excluding hydrogens is 248 g/mol. The van der Waals surface area contributed by atoms with Gasteiger partial charge in [-0.25, -0.2) is 9.67 Å². The number of rotatable bonds is 1. The Balaban J connectivity index is 2.56. The number of nitrogens with one attached hydrogen (secondary N) is 1. The maximum Gasteiger partial charge on any atom is 0.253 e. The van der Waals surface area contributed by atoms with E-state index in [9.17, 15) is 4.79 Å². The van der Waals surface area contributed by atoms with E-state index in [4.69, 9.17) is 0 Å². The molecule has 2 aromatic rings. The van der Waals surface area contributed by atoms with E-state index in [0.717, 1.165) is 0 Å². The molecule has 0 spiro atoms. The van der Waals surface area contributed by atoms with Gasteiger partial charge in [0.05, 0.1) is 0 Å². The second-order valence-corrected chi connectivity index (χ2v) is 3.58. The van der Waals surface area contributed by atoms with Gasteiger partial charge < -0.3 is 4.98 Å². The molecule has 0 bridgehead atoms. The van der Waals surface area contributed by atoms with Crippen molar-refractivity contribution in [2.24, 2.45) is 0 Å². The van der Waals surface area contributed by atoms with Gasteiger partial charge in [0, 0.05) is 12.3 Å². The van der Waals surface area contributed by atoms with Gasteiger partial charge in [0.15, 0.2) is 5.82 Å². The highest BCUT2D eigenvalue weighted by Gasteiger charge is 2.01. The number of aromatic amines is 1. The fraction of sp³-hybridized carbons (Fsp3) is 0.125. The molecule has 2 aromatic heterocycles. The van der Waals surface area contributed by atoms with Crippen LogP contribution in [0.2, 0.25) is 0 Å². The predicted octanol–water partition coefficient (Wildman–Crippen LogP) is 1.03. The van der Waals surface area contributed by atoms with Gasteiger partial charge in [0.1, 0.15) is 10.4 Å². The molecule has 2 heterocycles. The summed E-state index contributed by atoms with van der Waals surface area (Å²) in [6, 6.07) is 3.17. The van der Waals surface area contributed by atoms with Crippen molar-refractivity contribution >= 4 is 15.9 Å². The summed E-state index contributed by atoms with van der Waals surface area (Å²) in [5.41, 5.74) is -0.181. The summed E-state index contributed by atoms with van der Waals surface area (Å²) >= 11 is 3.22. The number of aromatic nitrogens is 4. The smallest absolute Gasteiger partial charge is 0.253 e. The van der Waals surface area contributed by atoms with Gasteiger partial charge in [-0.1, -0.05) is 0 Å². The van der Waals surface area contributed by atoms with Crippen molar-refractivity contribution in [3.63, 3.8) is 0 Å². The molecule has 0 aliphatic carbocycles. The van der Waals surface area contributed by atoms with Crippen LogP contribution in [-0.4, -0.2) is 19.7 Å². The number of H-pyrrole nitrogens is 1. The van der Waals surface area contributed by atoms with Crippen molar-refractivity contribution in [1.29, 1.82) is 0 Å². The molecule has 0 amide bonds. The minimum absolute atomic E-state index is 0.181. The monoisotopic (exact) mass is 254 g/mol. The lowest BCUT2D eigenvalue weighted by molar-refractivity contribution is 0.816. The Kier molecular flexibility index (Phi) is 2.20. The summed E-state index contributed by atoms with van der Waals surface area (Å²) in [5, 5.41) is 4.08. The third-order valence-corrected chi connectivity index (χ3v) is 2.06. The Morgan fingerprint density at radius 1 is 1.57 bits per heavy atom. The van der Waals surface area contributed by atoms with Crippen LogP contribution in [0.1, 0.15) is 5.82 Å². The van der Waals surface area contributed by atoms with Crippen molar-refractivity contribution in [1.82, 2.24) is 19.7 Å². The van der Waals surface area contributed by atoms with E-state index >= 15 is 0 Å². The SMILES string of the molecule is Cc1nc(-n2ccc(Br)n2)cc(=O)[nH]1. The third-order valence-electron chi connectivity index (χ3n) is 1.64. The Hall–Kier alpha value is -1.43. The zero-order valence-corrected chi connectivity index (χ0v) is 8.95. The first kappa shape index (κ1) is 9.14. The van der Waals surface area contributed by atoms with Crippen LogP contribution in [0.3, 0.4) is 0 Å². The number of halogens is 1. The van der Waals surface area contributed by atoms with Crippen molar-refractivity contribution in [2.75, 3.05) is 0 Å². The quantitative estimate of drug-likeness (QED) is 0.827. The highest BCUT2D eigenvalue weighted by atomic mass is 79.9. The van der Waals surface area contributed by atoms with Gasteiger partial charge in [-0.3, -0.25) is 4.79 Å². The Labute approximate surface area is 87.9 Å². The normalized spacial score (nSPS) is 10.4. The molecule has 0 aliphatic heterocycles. The summed E-state index contributed by atoms with van der Waals surface area (Å²) in [4.78, 5) is 17.9.